The average molecular weight is 632 g/mol. The van der Waals surface area contributed by atoms with Crippen molar-refractivity contribution in [1.82, 2.24) is 5.32 Å². The van der Waals surface area contributed by atoms with Crippen LogP contribution in [-0.2, 0) is 22.0 Å². The minimum absolute atomic E-state index is 0.290. The van der Waals surface area contributed by atoms with Crippen LogP contribution < -0.4 is 5.32 Å². The molecule has 4 aliphatic carbocycles. The van der Waals surface area contributed by atoms with Gasteiger partial charge in [0.15, 0.2) is 0 Å². The zero-order valence-corrected chi connectivity index (χ0v) is 26.8. The predicted molar refractivity (Wildman–Crippen MR) is 157 cm³/mol. The first kappa shape index (κ1) is 32.7. The van der Waals surface area contributed by atoms with E-state index < -0.39 is 0 Å². The van der Waals surface area contributed by atoms with Crippen LogP contribution in [0.3, 0.4) is 0 Å². The van der Waals surface area contributed by atoms with Crippen molar-refractivity contribution >= 4 is 25.5 Å². The third-order valence-corrected chi connectivity index (χ3v) is 16.6. The standard InChI is InChI=1S/C28H53NP2.CHO.ClH.Ru.H/c1-5-13-25(14-6-1)30(26-15-7-2-8-16-26)23-21-29-22-24-31(27-17-9-3-10-18-27)28-19-11-4-12-20-28;1-2;;;/h25-29H,1-24H2;1H;1H;;/q;+1;;+1;/p-1. The van der Waals surface area contributed by atoms with Gasteiger partial charge in [0.1, 0.15) is 0 Å². The summed E-state index contributed by atoms with van der Waals surface area (Å²) in [4.78, 5) is 0. The molecule has 2 nitrogen and oxygen atoms in total. The maximum absolute atomic E-state index is 7.75. The molecular formula is C29H55ClNOP2Ru+. The fourth-order valence-corrected chi connectivity index (χ4v) is 15.1. The van der Waals surface area contributed by atoms with Crippen molar-refractivity contribution in [1.29, 1.82) is 0 Å². The van der Waals surface area contributed by atoms with Crippen LogP contribution in [0.15, 0.2) is 0 Å². The SMILES string of the molecule is C#[O+].C1CCC(P(CCNCCP(C2CCCCC2)C2CCCCC2)C2CCCCC2)CC1.[Cl][RuH]. The summed E-state index contributed by atoms with van der Waals surface area (Å²) in [5, 5.41) is 4.04. The van der Waals surface area contributed by atoms with Crippen molar-refractivity contribution < 1.29 is 22.0 Å². The van der Waals surface area contributed by atoms with Gasteiger partial charge in [-0.2, -0.15) is 0 Å². The Labute approximate surface area is 235 Å². The molecule has 4 fully saturated rings. The van der Waals surface area contributed by atoms with Crippen molar-refractivity contribution in [3.05, 3.63) is 0 Å². The molecular weight excluding hydrogens is 577 g/mol. The third kappa shape index (κ3) is 12.0. The quantitative estimate of drug-likeness (QED) is 0.111. The van der Waals surface area contributed by atoms with E-state index >= 15 is 0 Å². The molecule has 35 heavy (non-hydrogen) atoms. The summed E-state index contributed by atoms with van der Waals surface area (Å²) in [6.45, 7) is 5.94. The Kier molecular flexibility index (Phi) is 19.9. The Morgan fingerprint density at radius 1 is 0.514 bits per heavy atom. The second-order valence-corrected chi connectivity index (χ2v) is 17.3. The molecule has 4 rings (SSSR count). The van der Waals surface area contributed by atoms with Crippen molar-refractivity contribution in [2.45, 2.75) is 151 Å². The average Bonchev–Trinajstić information content (AvgIpc) is 2.97. The molecule has 0 radical (unpaired) electrons. The molecule has 0 aliphatic heterocycles. The van der Waals surface area contributed by atoms with Gasteiger partial charge in [-0.25, -0.2) is 0 Å². The zero-order valence-electron chi connectivity index (χ0n) is 22.4. The molecule has 0 bridgehead atoms. The summed E-state index contributed by atoms with van der Waals surface area (Å²) in [7, 11) is 5.19. The molecule has 0 aromatic heterocycles. The molecule has 206 valence electrons. The van der Waals surface area contributed by atoms with Gasteiger partial charge >= 0.3 is 38.3 Å². The topological polar surface area (TPSA) is 31.9 Å². The van der Waals surface area contributed by atoms with E-state index in [9.17, 15) is 0 Å². The van der Waals surface area contributed by atoms with Crippen LogP contribution in [0, 0.1) is 6.65 Å². The number of hydrogen-bond donors (Lipinski definition) is 1. The molecule has 0 aromatic rings. The number of nitrogens with one attached hydrogen (secondary N) is 1. The third-order valence-electron chi connectivity index (χ3n) is 9.27. The van der Waals surface area contributed by atoms with Crippen LogP contribution >= 0.6 is 25.5 Å². The maximum atomic E-state index is 7.75. The molecule has 0 amide bonds. The Bertz CT molecular complexity index is 438. The minimum atomic E-state index is 0.290. The van der Waals surface area contributed by atoms with E-state index in [0.29, 0.717) is 0 Å². The van der Waals surface area contributed by atoms with Crippen LogP contribution in [0.2, 0.25) is 0 Å². The normalized spacial score (nSPS) is 23.4. The van der Waals surface area contributed by atoms with E-state index in [-0.39, 0.29) is 15.8 Å². The van der Waals surface area contributed by atoms with Crippen LogP contribution in [0.25, 0.3) is 0 Å². The first-order valence-electron chi connectivity index (χ1n) is 15.0. The van der Waals surface area contributed by atoms with Gasteiger partial charge in [0.2, 0.25) is 0 Å². The van der Waals surface area contributed by atoms with Gasteiger partial charge in [0.05, 0.1) is 0 Å². The number of hydrogen-bond acceptors (Lipinski definition) is 1. The Hall–Kier alpha value is 1.47. The van der Waals surface area contributed by atoms with Gasteiger partial charge < -0.3 is 5.32 Å². The summed E-state index contributed by atoms with van der Waals surface area (Å²) >= 11 is 1.62. The second kappa shape index (κ2) is 21.3. The Balaban J connectivity index is 0.00000103. The first-order chi connectivity index (χ1) is 17.4. The molecule has 0 atom stereocenters. The van der Waals surface area contributed by atoms with Crippen molar-refractivity contribution in [3.8, 4) is 6.65 Å². The Morgan fingerprint density at radius 3 is 0.971 bits per heavy atom. The molecule has 1 N–H and O–H groups in total. The molecule has 0 saturated heterocycles. The molecule has 0 unspecified atom stereocenters. The van der Waals surface area contributed by atoms with E-state index in [0.717, 1.165) is 22.6 Å². The number of halogens is 1. The fraction of sp³-hybridized carbons (Fsp3) is 0.966. The predicted octanol–water partition coefficient (Wildman–Crippen LogP) is 9.30. The van der Waals surface area contributed by atoms with Gasteiger partial charge in [-0.05, 0) is 99.4 Å². The molecule has 0 spiro atoms. The van der Waals surface area contributed by atoms with Crippen LogP contribution in [0.5, 0.6) is 0 Å². The van der Waals surface area contributed by atoms with E-state index in [4.69, 9.17) is 4.65 Å². The molecule has 4 aliphatic rings. The summed E-state index contributed by atoms with van der Waals surface area (Å²) in [6.07, 6.45) is 34.1. The Morgan fingerprint density at radius 2 is 0.743 bits per heavy atom. The summed E-state index contributed by atoms with van der Waals surface area (Å²) in [6, 6.07) is 0. The van der Waals surface area contributed by atoms with Crippen LogP contribution in [0.1, 0.15) is 128 Å². The van der Waals surface area contributed by atoms with Crippen molar-refractivity contribution in [2.24, 2.45) is 0 Å². The van der Waals surface area contributed by atoms with Gasteiger partial charge in [0, 0.05) is 0 Å². The molecule has 4 saturated carbocycles. The van der Waals surface area contributed by atoms with Crippen LogP contribution in [0.4, 0.5) is 0 Å². The summed E-state index contributed by atoms with van der Waals surface area (Å²) in [5.74, 6) is 0. The van der Waals surface area contributed by atoms with Gasteiger partial charge in [-0.3, -0.25) is 0 Å². The van der Waals surface area contributed by atoms with E-state index in [1.165, 1.54) is 90.1 Å². The zero-order chi connectivity index (χ0) is 25.1. The van der Waals surface area contributed by atoms with Gasteiger partial charge in [-0.1, -0.05) is 92.9 Å². The number of rotatable bonds is 10. The molecule has 0 heterocycles. The monoisotopic (exact) mass is 632 g/mol. The van der Waals surface area contributed by atoms with Crippen LogP contribution in [-0.4, -0.2) is 48.0 Å². The van der Waals surface area contributed by atoms with E-state index in [1.54, 1.807) is 81.0 Å². The molecule has 6 heteroatoms. The summed E-state index contributed by atoms with van der Waals surface area (Å²) in [5.41, 5.74) is 4.54. The van der Waals surface area contributed by atoms with E-state index in [2.05, 4.69) is 21.7 Å². The second-order valence-electron chi connectivity index (χ2n) is 11.4. The molecule has 0 aromatic carbocycles. The summed E-state index contributed by atoms with van der Waals surface area (Å²) < 4.78 is 7.75. The van der Waals surface area contributed by atoms with Crippen molar-refractivity contribution in [3.63, 3.8) is 0 Å². The van der Waals surface area contributed by atoms with E-state index in [1.807, 2.05) is 0 Å². The van der Waals surface area contributed by atoms with Gasteiger partial charge in [0.25, 0.3) is 0 Å². The fourth-order valence-electron chi connectivity index (χ4n) is 7.52. The van der Waals surface area contributed by atoms with Crippen molar-refractivity contribution in [2.75, 3.05) is 25.4 Å². The first-order valence-corrected chi connectivity index (χ1v) is 20.7. The van der Waals surface area contributed by atoms with Gasteiger partial charge in [-0.15, -0.1) is 0 Å².